The lowest BCUT2D eigenvalue weighted by atomic mass is 9.86. The summed E-state index contributed by atoms with van der Waals surface area (Å²) in [6.07, 6.45) is -14.4. The van der Waals surface area contributed by atoms with Gasteiger partial charge in [0.1, 0.15) is 11.6 Å². The van der Waals surface area contributed by atoms with Gasteiger partial charge in [-0.25, -0.2) is 4.39 Å². The summed E-state index contributed by atoms with van der Waals surface area (Å²) >= 11 is 0. The molecule has 1 aromatic heterocycles. The number of Topliss-reactive ketones (excluding diaryl/α,β-unsaturated/α-hetero) is 1. The molecule has 0 amide bonds. The molecule has 6 nitrogen and oxygen atoms in total. The minimum absolute atomic E-state index is 0.0975. The molecular formula is C28H30F3NO5. The van der Waals surface area contributed by atoms with Gasteiger partial charge in [-0.15, -0.1) is 8.78 Å². The average molecular weight is 528 g/mol. The van der Waals surface area contributed by atoms with E-state index in [1.165, 1.54) is 6.07 Å². The van der Waals surface area contributed by atoms with Crippen molar-refractivity contribution < 1.29 is 51.4 Å². The molecule has 2 aromatic carbocycles. The monoisotopic (exact) mass is 527 g/mol. The Morgan fingerprint density at radius 2 is 2.00 bits per heavy atom. The number of carbonyl (C=O) groups is 1. The number of hydrogen-bond acceptors (Lipinski definition) is 5. The Morgan fingerprint density at radius 1 is 1.30 bits per heavy atom. The number of rotatable bonds is 9. The van der Waals surface area contributed by atoms with E-state index in [0.717, 1.165) is 16.7 Å². The standard InChI is InChI=1S/C28H30F3NO5/c1-4-26(2,3)24-10-17-9-16(20(29)13-21(17)32(24)14-19(34)15-33)11-25(35)27(7-8-27)18-5-6-22-23(12-18)37-28(30,31)36-22/h5-6,9-10,12-13,19,33-34H,4,7-8,11,14-15H2,1-3H3/t19-/m0/s1/i5D,6D,7D2,8D2,12D,14D2,19D. The van der Waals surface area contributed by atoms with Gasteiger partial charge < -0.3 is 24.3 Å². The predicted molar refractivity (Wildman–Crippen MR) is 131 cm³/mol. The number of alkyl halides is 2. The van der Waals surface area contributed by atoms with Gasteiger partial charge in [-0.05, 0) is 60.6 Å². The normalized spacial score (nSPS) is 26.2. The molecule has 1 saturated carbocycles. The molecule has 0 saturated heterocycles. The summed E-state index contributed by atoms with van der Waals surface area (Å²) < 4.78 is 137. The Kier molecular flexibility index (Phi) is 3.80. The molecule has 1 aliphatic heterocycles. The van der Waals surface area contributed by atoms with E-state index in [0.29, 0.717) is 6.42 Å². The number of hydrogen-bond donors (Lipinski definition) is 2. The summed E-state index contributed by atoms with van der Waals surface area (Å²) in [6.45, 7) is 0.879. The van der Waals surface area contributed by atoms with Gasteiger partial charge in [0, 0.05) is 28.4 Å². The largest absolute Gasteiger partial charge is 0.586 e. The fourth-order valence-electron chi connectivity index (χ4n) is 4.12. The second-order valence-electron chi connectivity index (χ2n) is 9.50. The molecule has 0 spiro atoms. The van der Waals surface area contributed by atoms with E-state index in [1.807, 2.05) is 0 Å². The first-order valence-electron chi connectivity index (χ1n) is 16.4. The number of ketones is 1. The highest BCUT2D eigenvalue weighted by molar-refractivity contribution is 5.95. The minimum Gasteiger partial charge on any atom is -0.395 e. The van der Waals surface area contributed by atoms with Gasteiger partial charge in [0.15, 0.2) is 11.5 Å². The third kappa shape index (κ3) is 4.48. The van der Waals surface area contributed by atoms with Gasteiger partial charge in [0.05, 0.1) is 38.3 Å². The van der Waals surface area contributed by atoms with Gasteiger partial charge in [-0.3, -0.25) is 4.79 Å². The highest BCUT2D eigenvalue weighted by atomic mass is 19.3. The first-order chi connectivity index (χ1) is 21.3. The van der Waals surface area contributed by atoms with Crippen molar-refractivity contribution in [2.45, 2.75) is 76.1 Å². The van der Waals surface area contributed by atoms with Crippen LogP contribution in [0.2, 0.25) is 0 Å². The smallest absolute Gasteiger partial charge is 0.395 e. The Balaban J connectivity index is 1.69. The summed E-state index contributed by atoms with van der Waals surface area (Å²) in [4.78, 5) is 14.0. The van der Waals surface area contributed by atoms with Crippen molar-refractivity contribution in [3.05, 3.63) is 59.0 Å². The number of aliphatic hydroxyl groups excluding tert-OH is 1. The maximum absolute atomic E-state index is 15.8. The highest BCUT2D eigenvalue weighted by Gasteiger charge is 2.52. The van der Waals surface area contributed by atoms with Crippen molar-refractivity contribution in [1.82, 2.24) is 4.57 Å². The molecule has 2 aliphatic rings. The molecule has 9 heteroatoms. The quantitative estimate of drug-likeness (QED) is 0.410. The number of aromatic nitrogens is 1. The van der Waals surface area contributed by atoms with Crippen molar-refractivity contribution in [2.24, 2.45) is 0 Å². The van der Waals surface area contributed by atoms with Gasteiger partial charge in [0.25, 0.3) is 0 Å². The van der Waals surface area contributed by atoms with Crippen LogP contribution >= 0.6 is 0 Å². The number of aliphatic hydroxyl groups is 2. The first-order valence-corrected chi connectivity index (χ1v) is 11.4. The van der Waals surface area contributed by atoms with Crippen LogP contribution in [0.5, 0.6) is 11.5 Å². The number of halogens is 3. The van der Waals surface area contributed by atoms with Crippen LogP contribution in [-0.4, -0.2) is 39.5 Å². The number of benzene rings is 2. The van der Waals surface area contributed by atoms with E-state index in [4.69, 9.17) is 13.7 Å². The zero-order valence-corrected chi connectivity index (χ0v) is 20.1. The third-order valence-electron chi connectivity index (χ3n) is 6.64. The summed E-state index contributed by atoms with van der Waals surface area (Å²) in [7, 11) is 0. The fourth-order valence-corrected chi connectivity index (χ4v) is 4.12. The second-order valence-corrected chi connectivity index (χ2v) is 9.50. The minimum atomic E-state index is -4.36. The van der Waals surface area contributed by atoms with E-state index in [9.17, 15) is 23.8 Å². The zero-order chi connectivity index (χ0) is 35.7. The Hall–Kier alpha value is -3.04. The average Bonchev–Trinajstić information content (AvgIpc) is 3.32. The molecule has 5 rings (SSSR count). The van der Waals surface area contributed by atoms with Gasteiger partial charge in [-0.1, -0.05) is 26.8 Å². The lowest BCUT2D eigenvalue weighted by molar-refractivity contribution is -0.286. The summed E-state index contributed by atoms with van der Waals surface area (Å²) in [5.74, 6) is -4.67. The molecule has 0 unspecified atom stereocenters. The summed E-state index contributed by atoms with van der Waals surface area (Å²) in [5.41, 5.74) is -5.36. The maximum atomic E-state index is 15.8. The molecule has 1 aliphatic carbocycles. The van der Waals surface area contributed by atoms with E-state index in [1.54, 1.807) is 20.8 Å². The van der Waals surface area contributed by atoms with Crippen LogP contribution in [0.4, 0.5) is 13.2 Å². The summed E-state index contributed by atoms with van der Waals surface area (Å²) in [5, 5.41) is 20.1. The number of nitrogens with zero attached hydrogens (tertiary/aromatic N) is 1. The third-order valence-corrected chi connectivity index (χ3v) is 6.64. The van der Waals surface area contributed by atoms with Crippen molar-refractivity contribution in [1.29, 1.82) is 0 Å². The molecule has 37 heavy (non-hydrogen) atoms. The SMILES string of the molecule is [2H]c1c([2H])c(C2(C(=O)Cc3cc4cc(C(C)(C)CC)n(C([2H])([2H])[C@]([2H])(O)CO)c4cc3F)C([2H])([2H])C2([2H])[2H])c([2H])c2c1OC(F)(F)O2. The van der Waals surface area contributed by atoms with Crippen LogP contribution in [0.3, 0.4) is 0 Å². The number of carbonyl (C=O) groups excluding carboxylic acids is 1. The van der Waals surface area contributed by atoms with Crippen molar-refractivity contribution >= 4 is 16.7 Å². The fraction of sp³-hybridized carbons (Fsp3) is 0.464. The Morgan fingerprint density at radius 3 is 2.65 bits per heavy atom. The second kappa shape index (κ2) is 8.77. The van der Waals surface area contributed by atoms with Crippen LogP contribution in [0.15, 0.2) is 36.3 Å². The van der Waals surface area contributed by atoms with E-state index >= 15 is 4.39 Å². The van der Waals surface area contributed by atoms with E-state index in [2.05, 4.69) is 9.47 Å². The molecule has 0 radical (unpaired) electrons. The lowest BCUT2D eigenvalue weighted by Gasteiger charge is -2.26. The Bertz CT molecular complexity index is 1830. The van der Waals surface area contributed by atoms with Gasteiger partial charge in [0.2, 0.25) is 0 Å². The first kappa shape index (κ1) is 16.0. The van der Waals surface area contributed by atoms with E-state index < -0.39 is 108 Å². The maximum Gasteiger partial charge on any atom is 0.586 e. The van der Waals surface area contributed by atoms with Crippen LogP contribution in [0.25, 0.3) is 10.9 Å². The zero-order valence-electron chi connectivity index (χ0n) is 30.1. The number of fused-ring (bicyclic) bond motifs is 2. The lowest BCUT2D eigenvalue weighted by Crippen LogP contribution is -2.26. The Labute approximate surface area is 226 Å². The van der Waals surface area contributed by atoms with Gasteiger partial charge >= 0.3 is 6.29 Å². The topological polar surface area (TPSA) is 80.9 Å². The van der Waals surface area contributed by atoms with Crippen molar-refractivity contribution in [3.63, 3.8) is 0 Å². The van der Waals surface area contributed by atoms with Crippen molar-refractivity contribution in [3.8, 4) is 11.5 Å². The molecule has 1 atom stereocenters. The van der Waals surface area contributed by atoms with E-state index in [-0.39, 0.29) is 16.6 Å². The molecule has 2 N–H and O–H groups in total. The molecule has 1 fully saturated rings. The molecule has 198 valence electrons. The molecule has 3 aromatic rings. The molecule has 0 bridgehead atoms. The van der Waals surface area contributed by atoms with Crippen LogP contribution < -0.4 is 9.47 Å². The van der Waals surface area contributed by atoms with Crippen LogP contribution in [-0.2, 0) is 28.5 Å². The summed E-state index contributed by atoms with van der Waals surface area (Å²) in [6, 6.07) is -0.0884. The van der Waals surface area contributed by atoms with Crippen LogP contribution in [0.1, 0.15) is 70.5 Å². The van der Waals surface area contributed by atoms with Gasteiger partial charge in [-0.2, -0.15) is 0 Å². The molecular weight excluding hydrogens is 487 g/mol. The van der Waals surface area contributed by atoms with Crippen molar-refractivity contribution in [2.75, 3.05) is 6.61 Å². The molecule has 2 heterocycles. The number of ether oxygens (including phenoxy) is 2. The van der Waals surface area contributed by atoms with Crippen LogP contribution in [0, 0.1) is 5.82 Å². The highest BCUT2D eigenvalue weighted by Crippen LogP contribution is 2.52. The predicted octanol–water partition coefficient (Wildman–Crippen LogP) is 4.99.